The number of aromatic nitrogens is 1. The van der Waals surface area contributed by atoms with Crippen molar-refractivity contribution in [2.75, 3.05) is 26.2 Å². The molecule has 1 fully saturated rings. The van der Waals surface area contributed by atoms with E-state index in [0.29, 0.717) is 25.3 Å². The maximum absolute atomic E-state index is 12.1. The van der Waals surface area contributed by atoms with E-state index in [9.17, 15) is 14.4 Å². The Morgan fingerprint density at radius 3 is 2.42 bits per heavy atom. The standard InChI is InChI=1S/C13H17N3O3/c1-3-15-7-8-16(13(19)12(15)18)9-11(17)10-5-4-6-14(10)2/h4-6H,3,7-9H2,1-2H3. The fraction of sp³-hybridized carbons (Fsp3) is 0.462. The van der Waals surface area contributed by atoms with E-state index in [1.54, 1.807) is 29.9 Å². The number of likely N-dealkylation sites (N-methyl/N-ethyl adjacent to an activating group) is 1. The van der Waals surface area contributed by atoms with Gasteiger partial charge in [-0.1, -0.05) is 0 Å². The third-order valence-electron chi connectivity index (χ3n) is 3.34. The van der Waals surface area contributed by atoms with Crippen molar-refractivity contribution in [3.8, 4) is 0 Å². The predicted molar refractivity (Wildman–Crippen MR) is 68.6 cm³/mol. The van der Waals surface area contributed by atoms with Gasteiger partial charge in [0.1, 0.15) is 0 Å². The van der Waals surface area contributed by atoms with Crippen LogP contribution < -0.4 is 0 Å². The Hall–Kier alpha value is -2.11. The number of aryl methyl sites for hydroxylation is 1. The van der Waals surface area contributed by atoms with E-state index < -0.39 is 11.8 Å². The van der Waals surface area contributed by atoms with Crippen LogP contribution in [0.1, 0.15) is 17.4 Å². The first-order valence-corrected chi connectivity index (χ1v) is 6.27. The summed E-state index contributed by atoms with van der Waals surface area (Å²) in [5.41, 5.74) is 0.540. The van der Waals surface area contributed by atoms with E-state index >= 15 is 0 Å². The molecule has 0 aromatic carbocycles. The minimum atomic E-state index is -0.587. The maximum atomic E-state index is 12.1. The summed E-state index contributed by atoms with van der Waals surface area (Å²) in [4.78, 5) is 38.5. The lowest BCUT2D eigenvalue weighted by Gasteiger charge is -2.32. The van der Waals surface area contributed by atoms with Gasteiger partial charge in [-0.3, -0.25) is 14.4 Å². The second kappa shape index (κ2) is 5.26. The van der Waals surface area contributed by atoms with E-state index in [0.717, 1.165) is 0 Å². The number of piperazine rings is 1. The average Bonchev–Trinajstić information content (AvgIpc) is 2.81. The molecule has 0 N–H and O–H groups in total. The Bertz CT molecular complexity index is 521. The number of carbonyl (C=O) groups is 3. The monoisotopic (exact) mass is 263 g/mol. The lowest BCUT2D eigenvalue weighted by Crippen LogP contribution is -2.55. The van der Waals surface area contributed by atoms with Crippen LogP contribution in [0.5, 0.6) is 0 Å². The minimum Gasteiger partial charge on any atom is -0.348 e. The fourth-order valence-electron chi connectivity index (χ4n) is 2.17. The van der Waals surface area contributed by atoms with E-state index in [-0.39, 0.29) is 12.3 Å². The molecule has 1 aromatic rings. The Balaban J connectivity index is 2.05. The molecule has 6 heteroatoms. The lowest BCUT2D eigenvalue weighted by molar-refractivity contribution is -0.155. The van der Waals surface area contributed by atoms with Crippen LogP contribution in [0.4, 0.5) is 0 Å². The highest BCUT2D eigenvalue weighted by Crippen LogP contribution is 2.08. The first kappa shape index (κ1) is 13.3. The first-order chi connectivity index (χ1) is 9.04. The summed E-state index contributed by atoms with van der Waals surface area (Å²) in [5, 5.41) is 0. The van der Waals surface area contributed by atoms with Gasteiger partial charge in [-0.05, 0) is 19.1 Å². The Kier molecular flexibility index (Phi) is 3.69. The zero-order chi connectivity index (χ0) is 14.0. The summed E-state index contributed by atoms with van der Waals surface area (Å²) in [6, 6.07) is 3.48. The van der Waals surface area contributed by atoms with Crippen LogP contribution in [0.25, 0.3) is 0 Å². The summed E-state index contributed by atoms with van der Waals surface area (Å²) >= 11 is 0. The minimum absolute atomic E-state index is 0.0417. The summed E-state index contributed by atoms with van der Waals surface area (Å²) < 4.78 is 1.71. The van der Waals surface area contributed by atoms with E-state index in [1.807, 2.05) is 6.92 Å². The highest BCUT2D eigenvalue weighted by atomic mass is 16.2. The molecule has 2 heterocycles. The number of amides is 2. The highest BCUT2D eigenvalue weighted by molar-refractivity contribution is 6.35. The molecule has 0 atom stereocenters. The number of hydrogen-bond donors (Lipinski definition) is 0. The molecule has 1 aromatic heterocycles. The van der Waals surface area contributed by atoms with Gasteiger partial charge in [0.25, 0.3) is 0 Å². The normalized spacial score (nSPS) is 16.1. The van der Waals surface area contributed by atoms with Gasteiger partial charge in [0.15, 0.2) is 5.78 Å². The van der Waals surface area contributed by atoms with Crippen LogP contribution in [0.3, 0.4) is 0 Å². The average molecular weight is 263 g/mol. The van der Waals surface area contributed by atoms with Crippen molar-refractivity contribution in [1.29, 1.82) is 0 Å². The molecular weight excluding hydrogens is 246 g/mol. The van der Waals surface area contributed by atoms with Crippen LogP contribution in [0.15, 0.2) is 18.3 Å². The fourth-order valence-corrected chi connectivity index (χ4v) is 2.17. The van der Waals surface area contributed by atoms with Gasteiger partial charge in [0.05, 0.1) is 12.2 Å². The first-order valence-electron chi connectivity index (χ1n) is 6.27. The van der Waals surface area contributed by atoms with E-state index in [2.05, 4.69) is 0 Å². The molecule has 0 aliphatic carbocycles. The summed E-state index contributed by atoms with van der Waals surface area (Å²) in [5.74, 6) is -1.26. The zero-order valence-corrected chi connectivity index (χ0v) is 11.1. The number of ketones is 1. The van der Waals surface area contributed by atoms with Crippen LogP contribution in [0, 0.1) is 0 Å². The molecule has 102 valence electrons. The zero-order valence-electron chi connectivity index (χ0n) is 11.1. The number of carbonyl (C=O) groups excluding carboxylic acids is 3. The number of hydrogen-bond acceptors (Lipinski definition) is 3. The number of rotatable bonds is 4. The predicted octanol–water partition coefficient (Wildman–Crippen LogP) is -0.102. The quantitative estimate of drug-likeness (QED) is 0.563. The third-order valence-corrected chi connectivity index (χ3v) is 3.34. The molecule has 0 saturated carbocycles. The van der Waals surface area contributed by atoms with Crippen LogP contribution in [0.2, 0.25) is 0 Å². The molecule has 0 unspecified atom stereocenters. The molecule has 19 heavy (non-hydrogen) atoms. The van der Waals surface area contributed by atoms with Gasteiger partial charge in [-0.2, -0.15) is 0 Å². The highest BCUT2D eigenvalue weighted by Gasteiger charge is 2.32. The molecule has 6 nitrogen and oxygen atoms in total. The Morgan fingerprint density at radius 1 is 1.21 bits per heavy atom. The maximum Gasteiger partial charge on any atom is 0.312 e. The molecule has 0 bridgehead atoms. The van der Waals surface area contributed by atoms with Crippen LogP contribution in [-0.2, 0) is 16.6 Å². The van der Waals surface area contributed by atoms with Crippen molar-refractivity contribution >= 4 is 17.6 Å². The molecule has 1 aliphatic heterocycles. The number of Topliss-reactive ketones (excluding diaryl/α,β-unsaturated/α-hetero) is 1. The smallest absolute Gasteiger partial charge is 0.312 e. The van der Waals surface area contributed by atoms with E-state index in [4.69, 9.17) is 0 Å². The van der Waals surface area contributed by atoms with Crippen molar-refractivity contribution in [2.45, 2.75) is 6.92 Å². The van der Waals surface area contributed by atoms with Crippen molar-refractivity contribution in [1.82, 2.24) is 14.4 Å². The van der Waals surface area contributed by atoms with Crippen molar-refractivity contribution < 1.29 is 14.4 Å². The lowest BCUT2D eigenvalue weighted by atomic mass is 10.2. The van der Waals surface area contributed by atoms with Gasteiger partial charge >= 0.3 is 11.8 Å². The van der Waals surface area contributed by atoms with Gasteiger partial charge in [0, 0.05) is 32.9 Å². The molecule has 2 amide bonds. The molecule has 1 aliphatic rings. The second-order valence-electron chi connectivity index (χ2n) is 4.54. The third kappa shape index (κ3) is 2.52. The summed E-state index contributed by atoms with van der Waals surface area (Å²) in [6.07, 6.45) is 1.77. The molecule has 0 spiro atoms. The van der Waals surface area contributed by atoms with Gasteiger partial charge < -0.3 is 14.4 Å². The molecule has 0 radical (unpaired) electrons. The molecular formula is C13H17N3O3. The largest absolute Gasteiger partial charge is 0.348 e. The Morgan fingerprint density at radius 2 is 1.84 bits per heavy atom. The van der Waals surface area contributed by atoms with Crippen molar-refractivity contribution in [3.05, 3.63) is 24.0 Å². The van der Waals surface area contributed by atoms with Gasteiger partial charge in [0.2, 0.25) is 0 Å². The molecule has 1 saturated heterocycles. The van der Waals surface area contributed by atoms with Crippen molar-refractivity contribution in [2.24, 2.45) is 7.05 Å². The summed E-state index contributed by atoms with van der Waals surface area (Å²) in [7, 11) is 1.77. The Labute approximate surface area is 111 Å². The SMILES string of the molecule is CCN1CCN(CC(=O)c2cccn2C)C(=O)C1=O. The topological polar surface area (TPSA) is 62.6 Å². The summed E-state index contributed by atoms with van der Waals surface area (Å²) in [6.45, 7) is 3.20. The van der Waals surface area contributed by atoms with Crippen molar-refractivity contribution in [3.63, 3.8) is 0 Å². The van der Waals surface area contributed by atoms with Gasteiger partial charge in [-0.25, -0.2) is 0 Å². The second-order valence-corrected chi connectivity index (χ2v) is 4.54. The molecule has 2 rings (SSSR count). The van der Waals surface area contributed by atoms with Gasteiger partial charge in [-0.15, -0.1) is 0 Å². The van der Waals surface area contributed by atoms with E-state index in [1.165, 1.54) is 9.80 Å². The van der Waals surface area contributed by atoms with Crippen LogP contribution >= 0.6 is 0 Å². The number of nitrogens with zero attached hydrogens (tertiary/aromatic N) is 3. The van der Waals surface area contributed by atoms with Crippen LogP contribution in [-0.4, -0.2) is 58.1 Å².